The Bertz CT molecular complexity index is 379. The molecule has 0 bridgehead atoms. The molecule has 0 atom stereocenters. The lowest BCUT2D eigenvalue weighted by atomic mass is 9.66. The van der Waals surface area contributed by atoms with Crippen LogP contribution in [0, 0.1) is 5.41 Å². The van der Waals surface area contributed by atoms with Crippen LogP contribution >= 0.6 is 0 Å². The maximum absolute atomic E-state index is 12.2. The van der Waals surface area contributed by atoms with E-state index in [1.807, 2.05) is 37.4 Å². The summed E-state index contributed by atoms with van der Waals surface area (Å²) in [6.45, 7) is 0.626. The molecule has 0 unspecified atom stereocenters. The molecule has 1 saturated carbocycles. The Balaban J connectivity index is 2.01. The fraction of sp³-hybridized carbons (Fsp3) is 0.500. The first-order valence-corrected chi connectivity index (χ1v) is 6.19. The zero-order valence-electron chi connectivity index (χ0n) is 10.4. The summed E-state index contributed by atoms with van der Waals surface area (Å²) in [6, 6.07) is 9.75. The topological polar surface area (TPSA) is 46.3 Å². The maximum Gasteiger partial charge on any atom is 0.227 e. The van der Waals surface area contributed by atoms with Crippen LogP contribution in [-0.4, -0.2) is 19.5 Å². The number of carbonyl (C=O) groups is 1. The number of hydrogen-bond donors (Lipinski definition) is 1. The van der Waals surface area contributed by atoms with Gasteiger partial charge in [-0.1, -0.05) is 24.6 Å². The number of carbonyl (C=O) groups excluding carboxylic acids is 1. The molecular formula is C14H20N2O. The van der Waals surface area contributed by atoms with Crippen molar-refractivity contribution in [1.82, 2.24) is 0 Å². The number of hydrogen-bond acceptors (Lipinski definition) is 2. The van der Waals surface area contributed by atoms with Gasteiger partial charge in [-0.05, 0) is 36.9 Å². The van der Waals surface area contributed by atoms with Gasteiger partial charge in [0.05, 0.1) is 0 Å². The highest BCUT2D eigenvalue weighted by molar-refractivity contribution is 5.93. The summed E-state index contributed by atoms with van der Waals surface area (Å²) in [4.78, 5) is 13.9. The zero-order chi connectivity index (χ0) is 12.3. The van der Waals surface area contributed by atoms with Crippen LogP contribution in [0.3, 0.4) is 0 Å². The fourth-order valence-corrected chi connectivity index (χ4v) is 2.36. The number of anilines is 1. The average Bonchev–Trinajstić information content (AvgIpc) is 2.33. The standard InChI is InChI=1S/C14H20N2O/c1-16(12-6-3-2-4-7-12)13(17)10-14(11-15)8-5-9-14/h2-4,6-7H,5,8-11,15H2,1H3. The van der Waals surface area contributed by atoms with Crippen LogP contribution in [0.25, 0.3) is 0 Å². The van der Waals surface area contributed by atoms with Crippen LogP contribution in [0.1, 0.15) is 25.7 Å². The van der Waals surface area contributed by atoms with Crippen molar-refractivity contribution >= 4 is 11.6 Å². The monoisotopic (exact) mass is 232 g/mol. The van der Waals surface area contributed by atoms with E-state index < -0.39 is 0 Å². The molecule has 2 rings (SSSR count). The molecule has 0 aliphatic heterocycles. The molecule has 1 aromatic carbocycles. The minimum absolute atomic E-state index is 0.0835. The van der Waals surface area contributed by atoms with E-state index in [1.165, 1.54) is 6.42 Å². The molecule has 3 nitrogen and oxygen atoms in total. The summed E-state index contributed by atoms with van der Waals surface area (Å²) >= 11 is 0. The van der Waals surface area contributed by atoms with Gasteiger partial charge in [-0.3, -0.25) is 4.79 Å². The Morgan fingerprint density at radius 3 is 2.47 bits per heavy atom. The van der Waals surface area contributed by atoms with Gasteiger partial charge in [0, 0.05) is 19.2 Å². The van der Waals surface area contributed by atoms with E-state index in [2.05, 4.69) is 0 Å². The van der Waals surface area contributed by atoms with E-state index in [9.17, 15) is 4.79 Å². The Morgan fingerprint density at radius 1 is 1.35 bits per heavy atom. The first-order valence-electron chi connectivity index (χ1n) is 6.19. The smallest absolute Gasteiger partial charge is 0.227 e. The van der Waals surface area contributed by atoms with Crippen molar-refractivity contribution in [2.75, 3.05) is 18.5 Å². The van der Waals surface area contributed by atoms with Crippen molar-refractivity contribution in [2.24, 2.45) is 11.1 Å². The van der Waals surface area contributed by atoms with Gasteiger partial charge < -0.3 is 10.6 Å². The van der Waals surface area contributed by atoms with Gasteiger partial charge in [0.15, 0.2) is 0 Å². The number of nitrogens with zero attached hydrogens (tertiary/aromatic N) is 1. The number of nitrogens with two attached hydrogens (primary N) is 1. The SMILES string of the molecule is CN(C(=O)CC1(CN)CCC1)c1ccccc1. The second-order valence-corrected chi connectivity index (χ2v) is 5.02. The van der Waals surface area contributed by atoms with Gasteiger partial charge in [0.2, 0.25) is 5.91 Å². The summed E-state index contributed by atoms with van der Waals surface area (Å²) in [5.41, 5.74) is 6.82. The molecule has 0 saturated heterocycles. The maximum atomic E-state index is 12.2. The van der Waals surface area contributed by atoms with Crippen molar-refractivity contribution < 1.29 is 4.79 Å². The number of rotatable bonds is 4. The third-order valence-electron chi connectivity index (χ3n) is 3.89. The van der Waals surface area contributed by atoms with Gasteiger partial charge in [-0.15, -0.1) is 0 Å². The van der Waals surface area contributed by atoms with E-state index in [0.717, 1.165) is 18.5 Å². The molecule has 0 aromatic heterocycles. The van der Waals surface area contributed by atoms with Gasteiger partial charge in [-0.25, -0.2) is 0 Å². The second-order valence-electron chi connectivity index (χ2n) is 5.02. The molecule has 0 heterocycles. The van der Waals surface area contributed by atoms with Crippen LogP contribution in [0.4, 0.5) is 5.69 Å². The predicted molar refractivity (Wildman–Crippen MR) is 69.8 cm³/mol. The lowest BCUT2D eigenvalue weighted by molar-refractivity contribution is -0.121. The van der Waals surface area contributed by atoms with Crippen molar-refractivity contribution in [3.05, 3.63) is 30.3 Å². The molecule has 1 fully saturated rings. The Hall–Kier alpha value is -1.35. The quantitative estimate of drug-likeness (QED) is 0.864. The van der Waals surface area contributed by atoms with Gasteiger partial charge in [-0.2, -0.15) is 0 Å². The van der Waals surface area contributed by atoms with Gasteiger partial charge in [0.25, 0.3) is 0 Å². The molecule has 2 N–H and O–H groups in total. The third-order valence-corrected chi connectivity index (χ3v) is 3.89. The fourth-order valence-electron chi connectivity index (χ4n) is 2.36. The van der Waals surface area contributed by atoms with Crippen molar-refractivity contribution in [2.45, 2.75) is 25.7 Å². The Morgan fingerprint density at radius 2 is 2.00 bits per heavy atom. The molecule has 0 radical (unpaired) electrons. The summed E-state index contributed by atoms with van der Waals surface area (Å²) in [5, 5.41) is 0. The highest BCUT2D eigenvalue weighted by atomic mass is 16.2. The lowest BCUT2D eigenvalue weighted by Gasteiger charge is -2.41. The van der Waals surface area contributed by atoms with E-state index in [-0.39, 0.29) is 11.3 Å². The molecular weight excluding hydrogens is 212 g/mol. The first kappa shape index (κ1) is 12.1. The van der Waals surface area contributed by atoms with Crippen molar-refractivity contribution in [1.29, 1.82) is 0 Å². The normalized spacial score (nSPS) is 17.3. The summed E-state index contributed by atoms with van der Waals surface area (Å²) in [6.07, 6.45) is 3.98. The van der Waals surface area contributed by atoms with Crippen LogP contribution in [0.5, 0.6) is 0 Å². The highest BCUT2D eigenvalue weighted by Gasteiger charge is 2.38. The van der Waals surface area contributed by atoms with Gasteiger partial charge in [0.1, 0.15) is 0 Å². The Kier molecular flexibility index (Phi) is 3.48. The molecule has 3 heteroatoms. The molecule has 1 aromatic rings. The molecule has 17 heavy (non-hydrogen) atoms. The summed E-state index contributed by atoms with van der Waals surface area (Å²) in [7, 11) is 1.83. The van der Waals surface area contributed by atoms with Crippen LogP contribution in [0.15, 0.2) is 30.3 Å². The first-order chi connectivity index (χ1) is 8.17. The van der Waals surface area contributed by atoms with Crippen LogP contribution < -0.4 is 10.6 Å². The van der Waals surface area contributed by atoms with Crippen molar-refractivity contribution in [3.63, 3.8) is 0 Å². The number of amides is 1. The number of para-hydroxylation sites is 1. The summed E-state index contributed by atoms with van der Waals surface area (Å²) in [5.74, 6) is 0.168. The van der Waals surface area contributed by atoms with Crippen LogP contribution in [-0.2, 0) is 4.79 Å². The predicted octanol–water partition coefficient (Wildman–Crippen LogP) is 2.17. The van der Waals surface area contributed by atoms with E-state index >= 15 is 0 Å². The average molecular weight is 232 g/mol. The summed E-state index contributed by atoms with van der Waals surface area (Å²) < 4.78 is 0. The molecule has 1 aliphatic rings. The molecule has 0 spiro atoms. The highest BCUT2D eigenvalue weighted by Crippen LogP contribution is 2.43. The largest absolute Gasteiger partial charge is 0.330 e. The zero-order valence-corrected chi connectivity index (χ0v) is 10.4. The van der Waals surface area contributed by atoms with E-state index in [0.29, 0.717) is 13.0 Å². The Labute approximate surface area is 103 Å². The molecule has 1 aliphatic carbocycles. The number of benzene rings is 1. The molecule has 92 valence electrons. The molecule has 1 amide bonds. The second kappa shape index (κ2) is 4.88. The van der Waals surface area contributed by atoms with E-state index in [4.69, 9.17) is 5.73 Å². The minimum atomic E-state index is 0.0835. The van der Waals surface area contributed by atoms with Gasteiger partial charge >= 0.3 is 0 Å². The lowest BCUT2D eigenvalue weighted by Crippen LogP contribution is -2.42. The van der Waals surface area contributed by atoms with Crippen molar-refractivity contribution in [3.8, 4) is 0 Å². The van der Waals surface area contributed by atoms with E-state index in [1.54, 1.807) is 4.90 Å². The third kappa shape index (κ3) is 2.50. The van der Waals surface area contributed by atoms with Crippen LogP contribution in [0.2, 0.25) is 0 Å². The minimum Gasteiger partial charge on any atom is -0.330 e.